The molecule has 0 aromatic heterocycles. The van der Waals surface area contributed by atoms with Gasteiger partial charge >= 0.3 is 0 Å². The molecule has 3 rings (SSSR count). The number of fused-ring (bicyclic) bond motifs is 1. The van der Waals surface area contributed by atoms with Crippen LogP contribution in [0.15, 0.2) is 48.5 Å². The Morgan fingerprint density at radius 1 is 1.19 bits per heavy atom. The first-order valence-electron chi connectivity index (χ1n) is 7.63. The summed E-state index contributed by atoms with van der Waals surface area (Å²) in [6.07, 6.45) is 1.26. The van der Waals surface area contributed by atoms with Crippen LogP contribution in [-0.2, 0) is 0 Å². The predicted octanol–water partition coefficient (Wildman–Crippen LogP) is 4.37. The molecule has 0 fully saturated rings. The van der Waals surface area contributed by atoms with Gasteiger partial charge in [0.1, 0.15) is 11.9 Å². The predicted molar refractivity (Wildman–Crippen MR) is 84.6 cm³/mol. The minimum Gasteiger partial charge on any atom is -0.490 e. The van der Waals surface area contributed by atoms with E-state index < -0.39 is 6.10 Å². The van der Waals surface area contributed by atoms with Gasteiger partial charge in [-0.05, 0) is 37.0 Å². The molecular weight excluding hydrogens is 260 g/mol. The Balaban J connectivity index is 1.73. The number of aryl methyl sites for hydroxylation is 1. The van der Waals surface area contributed by atoms with Gasteiger partial charge in [0.2, 0.25) is 0 Å². The zero-order valence-electron chi connectivity index (χ0n) is 12.6. The van der Waals surface area contributed by atoms with Crippen molar-refractivity contribution in [3.05, 3.63) is 65.2 Å². The van der Waals surface area contributed by atoms with Gasteiger partial charge in [0.25, 0.3) is 0 Å². The van der Waals surface area contributed by atoms with Gasteiger partial charge in [0, 0.05) is 12.0 Å². The van der Waals surface area contributed by atoms with Crippen molar-refractivity contribution >= 4 is 0 Å². The molecule has 1 aliphatic heterocycles. The molecule has 21 heavy (non-hydrogen) atoms. The van der Waals surface area contributed by atoms with Crippen LogP contribution in [0.4, 0.5) is 0 Å². The van der Waals surface area contributed by atoms with Crippen LogP contribution < -0.4 is 4.74 Å². The van der Waals surface area contributed by atoms with Gasteiger partial charge in [-0.1, -0.05) is 48.9 Å². The molecule has 1 heterocycles. The third-order valence-corrected chi connectivity index (χ3v) is 4.29. The molecule has 0 aliphatic carbocycles. The van der Waals surface area contributed by atoms with Crippen LogP contribution in [-0.4, -0.2) is 11.2 Å². The molecule has 0 bridgehead atoms. The summed E-state index contributed by atoms with van der Waals surface area (Å²) in [4.78, 5) is 0. The Morgan fingerprint density at radius 2 is 1.95 bits per heavy atom. The van der Waals surface area contributed by atoms with Crippen LogP contribution in [0.2, 0.25) is 0 Å². The summed E-state index contributed by atoms with van der Waals surface area (Å²) in [5.74, 6) is 1.26. The summed E-state index contributed by atoms with van der Waals surface area (Å²) in [5, 5.41) is 10.4. The van der Waals surface area contributed by atoms with E-state index in [1.54, 1.807) is 0 Å². The summed E-state index contributed by atoms with van der Waals surface area (Å²) in [6, 6.07) is 16.5. The van der Waals surface area contributed by atoms with E-state index in [-0.39, 0.29) is 6.10 Å². The van der Waals surface area contributed by atoms with E-state index in [9.17, 15) is 5.11 Å². The average Bonchev–Trinajstić information content (AvgIpc) is 2.49. The SMILES string of the molecule is Cc1ccc2c(c1)C(O)CC(CC(C)c1ccccc1)O2. The fraction of sp³-hybridized carbons (Fsp3) is 0.368. The molecule has 3 unspecified atom stereocenters. The summed E-state index contributed by atoms with van der Waals surface area (Å²) >= 11 is 0. The number of aliphatic hydroxyl groups excluding tert-OH is 1. The molecule has 110 valence electrons. The smallest absolute Gasteiger partial charge is 0.125 e. The van der Waals surface area contributed by atoms with E-state index in [4.69, 9.17) is 4.74 Å². The molecule has 2 aromatic rings. The zero-order valence-corrected chi connectivity index (χ0v) is 12.6. The zero-order chi connectivity index (χ0) is 14.8. The van der Waals surface area contributed by atoms with Gasteiger partial charge in [0.15, 0.2) is 0 Å². The minimum absolute atomic E-state index is 0.0745. The molecule has 3 atom stereocenters. The molecule has 0 spiro atoms. The van der Waals surface area contributed by atoms with Gasteiger partial charge in [-0.2, -0.15) is 0 Å². The number of rotatable bonds is 3. The summed E-state index contributed by atoms with van der Waals surface area (Å²) < 4.78 is 6.09. The maximum absolute atomic E-state index is 10.4. The lowest BCUT2D eigenvalue weighted by molar-refractivity contribution is 0.0589. The first kappa shape index (κ1) is 14.2. The van der Waals surface area contributed by atoms with Gasteiger partial charge in [0.05, 0.1) is 6.10 Å². The van der Waals surface area contributed by atoms with Crippen molar-refractivity contribution in [2.45, 2.75) is 44.8 Å². The standard InChI is InChI=1S/C19H22O2/c1-13-8-9-19-17(10-13)18(20)12-16(21-19)11-14(2)15-6-4-3-5-7-15/h3-10,14,16,18,20H,11-12H2,1-2H3. The van der Waals surface area contributed by atoms with Gasteiger partial charge in [-0.3, -0.25) is 0 Å². The quantitative estimate of drug-likeness (QED) is 0.905. The maximum Gasteiger partial charge on any atom is 0.125 e. The normalized spacial score (nSPS) is 22.2. The topological polar surface area (TPSA) is 29.5 Å². The third-order valence-electron chi connectivity index (χ3n) is 4.29. The number of hydrogen-bond acceptors (Lipinski definition) is 2. The van der Waals surface area contributed by atoms with Gasteiger partial charge in [-0.15, -0.1) is 0 Å². The van der Waals surface area contributed by atoms with Crippen LogP contribution in [0.1, 0.15) is 48.5 Å². The second-order valence-corrected chi connectivity index (χ2v) is 6.08. The summed E-state index contributed by atoms with van der Waals surface area (Å²) in [5.41, 5.74) is 3.41. The van der Waals surface area contributed by atoms with E-state index in [1.807, 2.05) is 31.2 Å². The second kappa shape index (κ2) is 5.90. The van der Waals surface area contributed by atoms with Gasteiger partial charge in [-0.25, -0.2) is 0 Å². The highest BCUT2D eigenvalue weighted by molar-refractivity contribution is 5.40. The highest BCUT2D eigenvalue weighted by Crippen LogP contribution is 2.38. The lowest BCUT2D eigenvalue weighted by Crippen LogP contribution is -2.27. The minimum atomic E-state index is -0.415. The molecule has 1 N–H and O–H groups in total. The maximum atomic E-state index is 10.4. The van der Waals surface area contributed by atoms with Crippen LogP contribution in [0, 0.1) is 6.92 Å². The van der Waals surface area contributed by atoms with E-state index >= 15 is 0 Å². The molecule has 0 amide bonds. The number of benzene rings is 2. The van der Waals surface area contributed by atoms with Crippen molar-refractivity contribution in [2.75, 3.05) is 0 Å². The number of aliphatic hydroxyl groups is 1. The van der Waals surface area contributed by atoms with E-state index in [0.29, 0.717) is 12.3 Å². The third kappa shape index (κ3) is 3.11. The molecule has 0 saturated carbocycles. The van der Waals surface area contributed by atoms with Crippen molar-refractivity contribution in [3.8, 4) is 5.75 Å². The van der Waals surface area contributed by atoms with Crippen molar-refractivity contribution in [1.82, 2.24) is 0 Å². The van der Waals surface area contributed by atoms with Crippen molar-refractivity contribution in [3.63, 3.8) is 0 Å². The lowest BCUT2D eigenvalue weighted by Gasteiger charge is -2.31. The number of ether oxygens (including phenoxy) is 1. The van der Waals surface area contributed by atoms with E-state index in [0.717, 1.165) is 23.3 Å². The molecule has 1 aliphatic rings. The van der Waals surface area contributed by atoms with Crippen LogP contribution in [0.5, 0.6) is 5.75 Å². The Hall–Kier alpha value is -1.80. The molecule has 0 saturated heterocycles. The summed E-state index contributed by atoms with van der Waals surface area (Å²) in [7, 11) is 0. The van der Waals surface area contributed by atoms with E-state index in [1.165, 1.54) is 5.56 Å². The molecular formula is C19H22O2. The highest BCUT2D eigenvalue weighted by atomic mass is 16.5. The van der Waals surface area contributed by atoms with Crippen molar-refractivity contribution in [2.24, 2.45) is 0 Å². The average molecular weight is 282 g/mol. The van der Waals surface area contributed by atoms with Crippen LogP contribution in [0.3, 0.4) is 0 Å². The summed E-state index contributed by atoms with van der Waals surface area (Å²) in [6.45, 7) is 4.26. The number of hydrogen-bond donors (Lipinski definition) is 1. The Morgan fingerprint density at radius 3 is 2.71 bits per heavy atom. The largest absolute Gasteiger partial charge is 0.490 e. The van der Waals surface area contributed by atoms with Crippen molar-refractivity contribution in [1.29, 1.82) is 0 Å². The lowest BCUT2D eigenvalue weighted by atomic mass is 9.89. The monoisotopic (exact) mass is 282 g/mol. The van der Waals surface area contributed by atoms with Crippen LogP contribution >= 0.6 is 0 Å². The fourth-order valence-electron chi connectivity index (χ4n) is 3.10. The van der Waals surface area contributed by atoms with Crippen molar-refractivity contribution < 1.29 is 9.84 Å². The molecule has 2 nitrogen and oxygen atoms in total. The first-order valence-corrected chi connectivity index (χ1v) is 7.63. The van der Waals surface area contributed by atoms with E-state index in [2.05, 4.69) is 31.2 Å². The Labute approximate surface area is 126 Å². The van der Waals surface area contributed by atoms with Crippen LogP contribution in [0.25, 0.3) is 0 Å². The molecule has 2 aromatic carbocycles. The first-order chi connectivity index (χ1) is 10.1. The molecule has 2 heteroatoms. The Kier molecular flexibility index (Phi) is 3.98. The van der Waals surface area contributed by atoms with Gasteiger partial charge < -0.3 is 9.84 Å². The second-order valence-electron chi connectivity index (χ2n) is 6.08. The highest BCUT2D eigenvalue weighted by Gasteiger charge is 2.28. The molecule has 0 radical (unpaired) electrons. The Bertz CT molecular complexity index is 606. The fourth-order valence-corrected chi connectivity index (χ4v) is 3.10.